The maximum absolute atomic E-state index is 5.90. The van der Waals surface area contributed by atoms with Gasteiger partial charge in [0.1, 0.15) is 0 Å². The van der Waals surface area contributed by atoms with Crippen LogP contribution in [-0.2, 0) is 0 Å². The van der Waals surface area contributed by atoms with E-state index in [1.54, 1.807) is 11.8 Å². The normalized spacial score (nSPS) is 10.8. The van der Waals surface area contributed by atoms with Crippen molar-refractivity contribution in [1.29, 1.82) is 0 Å². The molecule has 0 bridgehead atoms. The lowest BCUT2D eigenvalue weighted by molar-refractivity contribution is 1.16. The predicted molar refractivity (Wildman–Crippen MR) is 78.3 cm³/mol. The highest BCUT2D eigenvalue weighted by Gasteiger charge is 2.12. The summed E-state index contributed by atoms with van der Waals surface area (Å²) in [6.45, 7) is 0. The van der Waals surface area contributed by atoms with Crippen molar-refractivity contribution in [2.75, 3.05) is 6.26 Å². The van der Waals surface area contributed by atoms with E-state index in [4.69, 9.17) is 23.2 Å². The van der Waals surface area contributed by atoms with Gasteiger partial charge in [-0.2, -0.15) is 11.8 Å². The van der Waals surface area contributed by atoms with Gasteiger partial charge in [-0.25, -0.2) is 0 Å². The molecule has 3 heteroatoms. The Morgan fingerprint density at radius 3 is 1.41 bits per heavy atom. The molecule has 2 aromatic rings. The summed E-state index contributed by atoms with van der Waals surface area (Å²) in [7, 11) is 0. The largest absolute Gasteiger partial charge is 0.152 e. The maximum Gasteiger partial charge on any atom is 0.0543 e. The summed E-state index contributed by atoms with van der Waals surface area (Å²) >= 11 is 13.6. The molecule has 88 valence electrons. The van der Waals surface area contributed by atoms with Crippen LogP contribution in [-0.4, -0.2) is 6.26 Å². The minimum atomic E-state index is 0.324. The lowest BCUT2D eigenvalue weighted by atomic mass is 10.0. The molecule has 2 rings (SSSR count). The number of hydrogen-bond acceptors (Lipinski definition) is 1. The van der Waals surface area contributed by atoms with Crippen LogP contribution in [0.3, 0.4) is 0 Å². The molecule has 0 amide bonds. The van der Waals surface area contributed by atoms with Gasteiger partial charge in [0.05, 0.1) is 5.25 Å². The van der Waals surface area contributed by atoms with E-state index < -0.39 is 0 Å². The van der Waals surface area contributed by atoms with Crippen molar-refractivity contribution >= 4 is 35.0 Å². The van der Waals surface area contributed by atoms with Gasteiger partial charge in [0.2, 0.25) is 0 Å². The Kier molecular flexibility index (Phi) is 4.38. The van der Waals surface area contributed by atoms with Crippen molar-refractivity contribution in [3.8, 4) is 0 Å². The van der Waals surface area contributed by atoms with E-state index in [0.29, 0.717) is 5.25 Å². The van der Waals surface area contributed by atoms with E-state index in [1.165, 1.54) is 11.1 Å². The predicted octanol–water partition coefficient (Wildman–Crippen LogP) is 5.45. The summed E-state index contributed by atoms with van der Waals surface area (Å²) in [5, 5.41) is 1.86. The van der Waals surface area contributed by atoms with Crippen LogP contribution in [0.25, 0.3) is 0 Å². The van der Waals surface area contributed by atoms with Gasteiger partial charge in [-0.15, -0.1) is 0 Å². The molecule has 0 fully saturated rings. The van der Waals surface area contributed by atoms with E-state index in [9.17, 15) is 0 Å². The van der Waals surface area contributed by atoms with E-state index in [-0.39, 0.29) is 0 Å². The molecule has 0 radical (unpaired) electrons. The van der Waals surface area contributed by atoms with Gasteiger partial charge in [0.15, 0.2) is 0 Å². The summed E-state index contributed by atoms with van der Waals surface area (Å²) in [6, 6.07) is 16.0. The summed E-state index contributed by atoms with van der Waals surface area (Å²) in [4.78, 5) is 0. The number of rotatable bonds is 3. The minimum absolute atomic E-state index is 0.324. The lowest BCUT2D eigenvalue weighted by Crippen LogP contribution is -1.95. The van der Waals surface area contributed by atoms with Crippen LogP contribution >= 0.6 is 35.0 Å². The van der Waals surface area contributed by atoms with Gasteiger partial charge < -0.3 is 0 Å². The van der Waals surface area contributed by atoms with Crippen molar-refractivity contribution in [2.24, 2.45) is 0 Å². The first-order valence-electron chi connectivity index (χ1n) is 5.24. The first-order chi connectivity index (χ1) is 8.20. The highest BCUT2D eigenvalue weighted by Crippen LogP contribution is 2.34. The van der Waals surface area contributed by atoms with Crippen LogP contribution in [0.5, 0.6) is 0 Å². The van der Waals surface area contributed by atoms with Gasteiger partial charge >= 0.3 is 0 Å². The zero-order valence-corrected chi connectivity index (χ0v) is 11.7. The summed E-state index contributed by atoms with van der Waals surface area (Å²) in [5.41, 5.74) is 2.51. The van der Waals surface area contributed by atoms with Gasteiger partial charge in [-0.3, -0.25) is 0 Å². The van der Waals surface area contributed by atoms with Crippen LogP contribution < -0.4 is 0 Å². The number of halogens is 2. The monoisotopic (exact) mass is 282 g/mol. The third-order valence-corrected chi connectivity index (χ3v) is 4.10. The fraction of sp³-hybridized carbons (Fsp3) is 0.143. The lowest BCUT2D eigenvalue weighted by Gasteiger charge is -2.15. The van der Waals surface area contributed by atoms with Crippen LogP contribution in [0.1, 0.15) is 16.4 Å². The molecule has 0 unspecified atom stereocenters. The van der Waals surface area contributed by atoms with Crippen molar-refractivity contribution in [3.63, 3.8) is 0 Å². The standard InChI is InChI=1S/C14H12Cl2S/c1-17-14(10-2-6-12(15)7-3-10)11-4-8-13(16)9-5-11/h2-9,14H,1H3. The first-order valence-corrected chi connectivity index (χ1v) is 7.29. The Morgan fingerprint density at radius 1 is 0.765 bits per heavy atom. The quantitative estimate of drug-likeness (QED) is 0.722. The molecule has 0 nitrogen and oxygen atoms in total. The molecule has 2 aromatic carbocycles. The Labute approximate surface area is 116 Å². The van der Waals surface area contributed by atoms with Crippen molar-refractivity contribution in [3.05, 3.63) is 69.7 Å². The average molecular weight is 283 g/mol. The molecule has 0 heterocycles. The minimum Gasteiger partial charge on any atom is -0.152 e. The second-order valence-corrected chi connectivity index (χ2v) is 5.53. The smallest absolute Gasteiger partial charge is 0.0543 e. The van der Waals surface area contributed by atoms with Crippen molar-refractivity contribution in [2.45, 2.75) is 5.25 Å². The first kappa shape index (κ1) is 12.8. The summed E-state index contributed by atoms with van der Waals surface area (Å²) in [6.07, 6.45) is 2.11. The topological polar surface area (TPSA) is 0 Å². The van der Waals surface area contributed by atoms with Crippen molar-refractivity contribution in [1.82, 2.24) is 0 Å². The number of thioether (sulfide) groups is 1. The molecule has 17 heavy (non-hydrogen) atoms. The highest BCUT2D eigenvalue weighted by atomic mass is 35.5. The van der Waals surface area contributed by atoms with Gasteiger partial charge in [0, 0.05) is 10.0 Å². The second-order valence-electron chi connectivity index (χ2n) is 3.72. The van der Waals surface area contributed by atoms with E-state index in [2.05, 4.69) is 30.5 Å². The molecular weight excluding hydrogens is 271 g/mol. The number of benzene rings is 2. The third kappa shape index (κ3) is 3.19. The third-order valence-electron chi connectivity index (χ3n) is 2.58. The van der Waals surface area contributed by atoms with E-state index in [0.717, 1.165) is 10.0 Å². The molecule has 0 saturated heterocycles. The molecule has 0 aliphatic rings. The fourth-order valence-electron chi connectivity index (χ4n) is 1.74. The molecule has 0 spiro atoms. The molecular formula is C14H12Cl2S. The maximum atomic E-state index is 5.90. The average Bonchev–Trinajstić information content (AvgIpc) is 2.35. The molecule has 0 aliphatic carbocycles. The second kappa shape index (κ2) is 5.81. The van der Waals surface area contributed by atoms with Crippen LogP contribution in [0.2, 0.25) is 10.0 Å². The Hall–Kier alpha value is -0.630. The van der Waals surface area contributed by atoms with Crippen LogP contribution in [0, 0.1) is 0 Å². The Bertz CT molecular complexity index is 431. The van der Waals surface area contributed by atoms with Crippen LogP contribution in [0.4, 0.5) is 0 Å². The molecule has 0 saturated carbocycles. The van der Waals surface area contributed by atoms with Crippen LogP contribution in [0.15, 0.2) is 48.5 Å². The molecule has 0 N–H and O–H groups in total. The highest BCUT2D eigenvalue weighted by molar-refractivity contribution is 7.99. The summed E-state index contributed by atoms with van der Waals surface area (Å²) < 4.78 is 0. The SMILES string of the molecule is CSC(c1ccc(Cl)cc1)c1ccc(Cl)cc1. The molecule has 0 aliphatic heterocycles. The van der Waals surface area contributed by atoms with E-state index in [1.807, 2.05) is 24.3 Å². The Balaban J connectivity index is 2.33. The van der Waals surface area contributed by atoms with Gasteiger partial charge in [-0.1, -0.05) is 47.5 Å². The van der Waals surface area contributed by atoms with Crippen molar-refractivity contribution < 1.29 is 0 Å². The zero-order chi connectivity index (χ0) is 12.3. The fourth-order valence-corrected chi connectivity index (χ4v) is 2.85. The van der Waals surface area contributed by atoms with Gasteiger partial charge in [0.25, 0.3) is 0 Å². The molecule has 0 aromatic heterocycles. The zero-order valence-electron chi connectivity index (χ0n) is 9.36. The Morgan fingerprint density at radius 2 is 1.12 bits per heavy atom. The van der Waals surface area contributed by atoms with Gasteiger partial charge in [-0.05, 0) is 41.6 Å². The summed E-state index contributed by atoms with van der Waals surface area (Å²) in [5.74, 6) is 0. The molecule has 0 atom stereocenters. The van der Waals surface area contributed by atoms with E-state index >= 15 is 0 Å². The number of hydrogen-bond donors (Lipinski definition) is 0.